The van der Waals surface area contributed by atoms with Crippen LogP contribution in [0.15, 0.2) is 54.1 Å². The number of anilines is 1. The van der Waals surface area contributed by atoms with Crippen molar-refractivity contribution in [2.24, 2.45) is 5.92 Å². The molecule has 0 spiro atoms. The number of phenolic OH excluding ortho intramolecular Hbond substituents is 2. The Morgan fingerprint density at radius 2 is 1.76 bits per heavy atom. The molecule has 1 saturated heterocycles. The van der Waals surface area contributed by atoms with Crippen molar-refractivity contribution in [1.29, 1.82) is 0 Å². The van der Waals surface area contributed by atoms with Crippen LogP contribution in [0.1, 0.15) is 52.2 Å². The molecule has 0 saturated carbocycles. The first-order chi connectivity index (χ1) is 15.1. The number of phenols is 2. The molecule has 0 aromatic heterocycles. The summed E-state index contributed by atoms with van der Waals surface area (Å²) >= 11 is 0. The predicted molar refractivity (Wildman–Crippen MR) is 137 cm³/mol. The van der Waals surface area contributed by atoms with Gasteiger partial charge in [-0.05, 0) is 92.1 Å². The van der Waals surface area contributed by atoms with Crippen molar-refractivity contribution in [3.63, 3.8) is 0 Å². The normalized spacial score (nSPS) is 23.2. The van der Waals surface area contributed by atoms with E-state index < -0.39 is 0 Å². The summed E-state index contributed by atoms with van der Waals surface area (Å²) in [5.41, 5.74) is 5.11. The van der Waals surface area contributed by atoms with Gasteiger partial charge in [0.25, 0.3) is 0 Å². The van der Waals surface area contributed by atoms with E-state index in [1.54, 1.807) is 12.1 Å². The summed E-state index contributed by atoms with van der Waals surface area (Å²) in [5, 5.41) is 21.3. The minimum atomic E-state index is -0.115. The molecular formula is C27H37ClN2O3. The Hall–Kier alpha value is -2.50. The number of allylic oxidation sites excluding steroid dienone is 1. The first kappa shape index (κ1) is 26.7. The van der Waals surface area contributed by atoms with E-state index in [1.807, 2.05) is 12.1 Å². The lowest BCUT2D eigenvalue weighted by Gasteiger charge is -2.54. The van der Waals surface area contributed by atoms with E-state index in [-0.39, 0.29) is 29.5 Å². The molecule has 1 heterocycles. The smallest absolute Gasteiger partial charge is 0.221 e. The zero-order valence-corrected chi connectivity index (χ0v) is 21.1. The van der Waals surface area contributed by atoms with Gasteiger partial charge in [-0.3, -0.25) is 9.69 Å². The van der Waals surface area contributed by atoms with Gasteiger partial charge in [-0.1, -0.05) is 31.6 Å². The van der Waals surface area contributed by atoms with Crippen molar-refractivity contribution < 1.29 is 15.0 Å². The van der Waals surface area contributed by atoms with Crippen molar-refractivity contribution in [2.45, 2.75) is 58.9 Å². The van der Waals surface area contributed by atoms with E-state index >= 15 is 0 Å². The highest BCUT2D eigenvalue weighted by molar-refractivity contribution is 5.88. The quantitative estimate of drug-likeness (QED) is 0.398. The SMILES string of the molecule is CC(=O)Nc1ccc(O)cc1.CC(C)=CCN1CC[C@@]2(C)c3cc(O)ccc3C[C@H]1[C@@H]2C.Cl. The highest BCUT2D eigenvalue weighted by Gasteiger charge is 2.48. The average Bonchev–Trinajstić information content (AvgIpc) is 2.72. The van der Waals surface area contributed by atoms with E-state index in [2.05, 4.69) is 50.1 Å². The second-order valence-electron chi connectivity index (χ2n) is 9.57. The Balaban J connectivity index is 0.000000274. The maximum atomic E-state index is 10.5. The van der Waals surface area contributed by atoms with Gasteiger partial charge in [0.1, 0.15) is 11.5 Å². The molecule has 2 bridgehead atoms. The molecule has 33 heavy (non-hydrogen) atoms. The van der Waals surface area contributed by atoms with Crippen LogP contribution in [0.2, 0.25) is 0 Å². The lowest BCUT2D eigenvalue weighted by molar-refractivity contribution is -0.114. The third-order valence-corrected chi connectivity index (χ3v) is 7.03. The highest BCUT2D eigenvalue weighted by Crippen LogP contribution is 2.49. The van der Waals surface area contributed by atoms with Gasteiger partial charge in [-0.2, -0.15) is 0 Å². The van der Waals surface area contributed by atoms with E-state index in [0.29, 0.717) is 23.4 Å². The third kappa shape index (κ3) is 6.30. The minimum Gasteiger partial charge on any atom is -0.508 e. The van der Waals surface area contributed by atoms with Gasteiger partial charge in [0, 0.05) is 25.2 Å². The van der Waals surface area contributed by atoms with Crippen molar-refractivity contribution in [2.75, 3.05) is 18.4 Å². The van der Waals surface area contributed by atoms with Gasteiger partial charge in [0.05, 0.1) is 0 Å². The van der Waals surface area contributed by atoms with Crippen LogP contribution >= 0.6 is 12.4 Å². The molecule has 1 amide bonds. The standard InChI is InChI=1S/C19H27NO.C8H9NO2.ClH/c1-13(2)7-9-20-10-8-19(4)14(3)18(20)11-15-5-6-16(21)12-17(15)19;1-6(10)9-7-2-4-8(11)5-3-7;/h5-7,12,14,18,21H,8-11H2,1-4H3;2-5,11H,1H3,(H,9,10);1H/t14-,18-,19+;;/m0../s1. The predicted octanol–water partition coefficient (Wildman–Crippen LogP) is 5.66. The number of halogens is 1. The minimum absolute atomic E-state index is 0. The van der Waals surface area contributed by atoms with Gasteiger partial charge in [0.2, 0.25) is 5.91 Å². The Labute approximate surface area is 203 Å². The Morgan fingerprint density at radius 3 is 2.36 bits per heavy atom. The number of amides is 1. The maximum absolute atomic E-state index is 10.5. The Bertz CT molecular complexity index is 985. The number of nitrogens with zero attached hydrogens (tertiary/aromatic N) is 1. The van der Waals surface area contributed by atoms with Crippen LogP contribution in [0.5, 0.6) is 11.5 Å². The molecule has 3 N–H and O–H groups in total. The van der Waals surface area contributed by atoms with Gasteiger partial charge >= 0.3 is 0 Å². The molecule has 3 atom stereocenters. The molecule has 0 radical (unpaired) electrons. The summed E-state index contributed by atoms with van der Waals surface area (Å²) in [6.07, 6.45) is 4.64. The first-order valence-electron chi connectivity index (χ1n) is 11.4. The van der Waals surface area contributed by atoms with E-state index in [0.717, 1.165) is 19.5 Å². The van der Waals surface area contributed by atoms with Crippen LogP contribution in [0.25, 0.3) is 0 Å². The van der Waals surface area contributed by atoms with Crippen molar-refractivity contribution >= 4 is 24.0 Å². The van der Waals surface area contributed by atoms with Crippen LogP contribution in [-0.4, -0.2) is 40.2 Å². The fraction of sp³-hybridized carbons (Fsp3) is 0.444. The van der Waals surface area contributed by atoms with Crippen molar-refractivity contribution in [3.8, 4) is 11.5 Å². The molecular weight excluding hydrogens is 436 g/mol. The number of fused-ring (bicyclic) bond motifs is 4. The number of rotatable bonds is 3. The lowest BCUT2D eigenvalue weighted by atomic mass is 9.59. The molecule has 0 unspecified atom stereocenters. The fourth-order valence-corrected chi connectivity index (χ4v) is 4.97. The van der Waals surface area contributed by atoms with E-state index in [1.165, 1.54) is 42.2 Å². The number of carbonyl (C=O) groups is 1. The van der Waals surface area contributed by atoms with Crippen LogP contribution in [0, 0.1) is 5.92 Å². The van der Waals surface area contributed by atoms with Crippen LogP contribution in [0.3, 0.4) is 0 Å². The fourth-order valence-electron chi connectivity index (χ4n) is 4.97. The van der Waals surface area contributed by atoms with Crippen LogP contribution < -0.4 is 5.32 Å². The first-order valence-corrected chi connectivity index (χ1v) is 11.4. The number of aromatic hydroxyl groups is 2. The lowest BCUT2D eigenvalue weighted by Crippen LogP contribution is -2.57. The van der Waals surface area contributed by atoms with Crippen LogP contribution in [0.4, 0.5) is 5.69 Å². The molecule has 2 aromatic rings. The summed E-state index contributed by atoms with van der Waals surface area (Å²) in [6, 6.07) is 12.9. The number of benzene rings is 2. The maximum Gasteiger partial charge on any atom is 0.221 e. The Kier molecular flexibility index (Phi) is 8.98. The molecule has 1 fully saturated rings. The number of carbonyl (C=O) groups excluding carboxylic acids is 1. The van der Waals surface area contributed by atoms with Crippen molar-refractivity contribution in [1.82, 2.24) is 4.90 Å². The zero-order chi connectivity index (χ0) is 23.5. The van der Waals surface area contributed by atoms with Gasteiger partial charge in [-0.15, -0.1) is 12.4 Å². The largest absolute Gasteiger partial charge is 0.508 e. The van der Waals surface area contributed by atoms with Crippen LogP contribution in [-0.2, 0) is 16.6 Å². The summed E-state index contributed by atoms with van der Waals surface area (Å²) in [5.74, 6) is 1.12. The number of likely N-dealkylation sites (tertiary alicyclic amines) is 1. The molecule has 1 aliphatic heterocycles. The summed E-state index contributed by atoms with van der Waals surface area (Å²) < 4.78 is 0. The highest BCUT2D eigenvalue weighted by atomic mass is 35.5. The molecule has 2 aliphatic rings. The second-order valence-corrected chi connectivity index (χ2v) is 9.57. The van der Waals surface area contributed by atoms with Gasteiger partial charge < -0.3 is 15.5 Å². The number of hydrogen-bond donors (Lipinski definition) is 3. The second kappa shape index (κ2) is 11.1. The van der Waals surface area contributed by atoms with E-state index in [9.17, 15) is 9.90 Å². The Morgan fingerprint density at radius 1 is 1.12 bits per heavy atom. The summed E-state index contributed by atoms with van der Waals surface area (Å²) in [7, 11) is 0. The number of hydrogen-bond acceptors (Lipinski definition) is 4. The molecule has 5 nitrogen and oxygen atoms in total. The zero-order valence-electron chi connectivity index (χ0n) is 20.3. The molecule has 180 valence electrons. The van der Waals surface area contributed by atoms with Gasteiger partial charge in [-0.25, -0.2) is 0 Å². The molecule has 2 aromatic carbocycles. The average molecular weight is 473 g/mol. The number of piperidine rings is 1. The monoisotopic (exact) mass is 472 g/mol. The molecule has 4 rings (SSSR count). The van der Waals surface area contributed by atoms with E-state index in [4.69, 9.17) is 5.11 Å². The third-order valence-electron chi connectivity index (χ3n) is 7.03. The van der Waals surface area contributed by atoms with Crippen molar-refractivity contribution in [3.05, 3.63) is 65.2 Å². The topological polar surface area (TPSA) is 72.8 Å². The van der Waals surface area contributed by atoms with Gasteiger partial charge in [0.15, 0.2) is 0 Å². The summed E-state index contributed by atoms with van der Waals surface area (Å²) in [4.78, 5) is 13.2. The molecule has 6 heteroatoms. The number of nitrogens with one attached hydrogen (secondary N) is 1. The molecule has 1 aliphatic carbocycles. The summed E-state index contributed by atoms with van der Waals surface area (Å²) in [6.45, 7) is 12.8.